The van der Waals surface area contributed by atoms with E-state index in [1.807, 2.05) is 0 Å². The predicted molar refractivity (Wildman–Crippen MR) is 40.3 cm³/mol. The molecule has 3 nitrogen and oxygen atoms in total. The lowest BCUT2D eigenvalue weighted by Crippen LogP contribution is -1.94. The quantitative estimate of drug-likeness (QED) is 0.558. The van der Waals surface area contributed by atoms with E-state index in [2.05, 4.69) is 0 Å². The van der Waals surface area contributed by atoms with Gasteiger partial charge in [-0.1, -0.05) is 11.6 Å². The highest BCUT2D eigenvalue weighted by Gasteiger charge is 2.07. The van der Waals surface area contributed by atoms with Crippen molar-refractivity contribution in [3.05, 3.63) is 28.8 Å². The van der Waals surface area contributed by atoms with Gasteiger partial charge in [-0.2, -0.15) is 0 Å². The van der Waals surface area contributed by atoms with E-state index in [-0.39, 0.29) is 11.3 Å². The largest absolute Gasteiger partial charge is 0.507 e. The van der Waals surface area contributed by atoms with Crippen LogP contribution < -0.4 is 0 Å². The van der Waals surface area contributed by atoms with Gasteiger partial charge in [0.05, 0.1) is 0 Å². The van der Waals surface area contributed by atoms with Gasteiger partial charge >= 0.3 is 0 Å². The zero-order valence-corrected chi connectivity index (χ0v) is 6.28. The molecule has 0 heterocycles. The van der Waals surface area contributed by atoms with E-state index >= 15 is 0 Å². The second-order valence-corrected chi connectivity index (χ2v) is 2.51. The summed E-state index contributed by atoms with van der Waals surface area (Å²) < 4.78 is 0. The molecule has 0 radical (unpaired) electrons. The average molecular weight is 175 g/mol. The summed E-state index contributed by atoms with van der Waals surface area (Å²) >= 11 is 5.50. The molecule has 1 aromatic rings. The Morgan fingerprint density at radius 2 is 1.91 bits per heavy atom. The Labute approximate surface area is 68.5 Å². The summed E-state index contributed by atoms with van der Waals surface area (Å²) in [5, 5.41) is 26.7. The molecule has 1 rings (SSSR count). The number of aliphatic hydroxyl groups is 2. The molecule has 60 valence electrons. The molecule has 0 aliphatic carbocycles. The number of aliphatic hydroxyl groups excluding tert-OH is 1. The van der Waals surface area contributed by atoms with Crippen molar-refractivity contribution < 1.29 is 15.3 Å². The minimum atomic E-state index is -1.66. The fourth-order valence-corrected chi connectivity index (χ4v) is 0.902. The molecule has 0 saturated heterocycles. The highest BCUT2D eigenvalue weighted by Crippen LogP contribution is 2.25. The van der Waals surface area contributed by atoms with Crippen LogP contribution in [0, 0.1) is 0 Å². The normalized spacial score (nSPS) is 10.5. The van der Waals surface area contributed by atoms with Crippen molar-refractivity contribution in [2.24, 2.45) is 0 Å². The Kier molecular flexibility index (Phi) is 2.34. The van der Waals surface area contributed by atoms with Gasteiger partial charge in [-0.15, -0.1) is 0 Å². The van der Waals surface area contributed by atoms with Gasteiger partial charge in [-0.25, -0.2) is 0 Å². The predicted octanol–water partition coefficient (Wildman–Crippen LogP) is 1.03. The molecule has 0 aliphatic heterocycles. The first kappa shape index (κ1) is 8.33. The third kappa shape index (κ3) is 1.83. The first-order valence-corrected chi connectivity index (χ1v) is 3.33. The van der Waals surface area contributed by atoms with Crippen LogP contribution in [0.3, 0.4) is 0 Å². The molecule has 0 amide bonds. The van der Waals surface area contributed by atoms with Crippen molar-refractivity contribution in [3.8, 4) is 5.75 Å². The van der Waals surface area contributed by atoms with Gasteiger partial charge in [-0.3, -0.25) is 0 Å². The topological polar surface area (TPSA) is 60.7 Å². The number of hydrogen-bond donors (Lipinski definition) is 3. The Bertz CT molecular complexity index is 260. The summed E-state index contributed by atoms with van der Waals surface area (Å²) in [4.78, 5) is 0. The van der Waals surface area contributed by atoms with E-state index in [0.717, 1.165) is 0 Å². The van der Waals surface area contributed by atoms with Crippen molar-refractivity contribution >= 4 is 11.6 Å². The molecular weight excluding hydrogens is 168 g/mol. The van der Waals surface area contributed by atoms with Crippen molar-refractivity contribution in [2.75, 3.05) is 0 Å². The standard InChI is InChI=1S/C7H7ClO3/c8-4-1-2-5(7(10)11)6(9)3-4/h1-3,7,9-11H. The van der Waals surface area contributed by atoms with Crippen molar-refractivity contribution in [1.82, 2.24) is 0 Å². The lowest BCUT2D eigenvalue weighted by atomic mass is 10.2. The lowest BCUT2D eigenvalue weighted by molar-refractivity contribution is -0.0438. The third-order valence-electron chi connectivity index (χ3n) is 1.27. The highest BCUT2D eigenvalue weighted by atomic mass is 35.5. The van der Waals surface area contributed by atoms with Gasteiger partial charge in [0.15, 0.2) is 6.29 Å². The second kappa shape index (κ2) is 3.09. The molecule has 0 spiro atoms. The molecule has 0 fully saturated rings. The third-order valence-corrected chi connectivity index (χ3v) is 1.51. The Hall–Kier alpha value is -0.770. The van der Waals surface area contributed by atoms with Crippen LogP contribution in [0.2, 0.25) is 5.02 Å². The summed E-state index contributed by atoms with van der Waals surface area (Å²) in [6, 6.07) is 4.06. The zero-order valence-electron chi connectivity index (χ0n) is 5.53. The summed E-state index contributed by atoms with van der Waals surface area (Å²) in [7, 11) is 0. The minimum absolute atomic E-state index is 0.0504. The summed E-state index contributed by atoms with van der Waals surface area (Å²) in [6.07, 6.45) is -1.66. The molecule has 3 N–H and O–H groups in total. The van der Waals surface area contributed by atoms with Crippen LogP contribution >= 0.6 is 11.6 Å². The number of hydrogen-bond acceptors (Lipinski definition) is 3. The van der Waals surface area contributed by atoms with Crippen molar-refractivity contribution in [3.63, 3.8) is 0 Å². The molecule has 1 aromatic carbocycles. The molecule has 0 aromatic heterocycles. The number of rotatable bonds is 1. The SMILES string of the molecule is Oc1cc(Cl)ccc1C(O)O. The molecule has 0 bridgehead atoms. The van der Waals surface area contributed by atoms with E-state index in [1.165, 1.54) is 18.2 Å². The fraction of sp³-hybridized carbons (Fsp3) is 0.143. The van der Waals surface area contributed by atoms with Crippen molar-refractivity contribution in [2.45, 2.75) is 6.29 Å². The van der Waals surface area contributed by atoms with E-state index in [4.69, 9.17) is 26.9 Å². The number of aromatic hydroxyl groups is 1. The summed E-state index contributed by atoms with van der Waals surface area (Å²) in [5.41, 5.74) is 0.0504. The van der Waals surface area contributed by atoms with Gasteiger partial charge in [-0.05, 0) is 18.2 Å². The van der Waals surface area contributed by atoms with Crippen LogP contribution in [0.5, 0.6) is 5.75 Å². The number of benzene rings is 1. The maximum Gasteiger partial charge on any atom is 0.182 e. The number of phenolic OH excluding ortho intramolecular Hbond substituents is 1. The molecule has 0 saturated carbocycles. The molecule has 11 heavy (non-hydrogen) atoms. The van der Waals surface area contributed by atoms with Crippen LogP contribution in [0.4, 0.5) is 0 Å². The van der Waals surface area contributed by atoms with Crippen LogP contribution in [-0.2, 0) is 0 Å². The zero-order chi connectivity index (χ0) is 8.43. The van der Waals surface area contributed by atoms with Crippen molar-refractivity contribution in [1.29, 1.82) is 0 Å². The van der Waals surface area contributed by atoms with Crippen LogP contribution in [0.1, 0.15) is 11.9 Å². The van der Waals surface area contributed by atoms with Crippen LogP contribution in [0.25, 0.3) is 0 Å². The van der Waals surface area contributed by atoms with E-state index in [1.54, 1.807) is 0 Å². The fourth-order valence-electron chi connectivity index (χ4n) is 0.735. The van der Waals surface area contributed by atoms with Gasteiger partial charge in [0.1, 0.15) is 5.75 Å². The number of halogens is 1. The number of phenols is 1. The van der Waals surface area contributed by atoms with Crippen LogP contribution in [-0.4, -0.2) is 15.3 Å². The minimum Gasteiger partial charge on any atom is -0.507 e. The molecule has 0 atom stereocenters. The van der Waals surface area contributed by atoms with Gasteiger partial charge in [0.25, 0.3) is 0 Å². The van der Waals surface area contributed by atoms with E-state index < -0.39 is 6.29 Å². The Balaban J connectivity index is 3.09. The first-order valence-electron chi connectivity index (χ1n) is 2.96. The second-order valence-electron chi connectivity index (χ2n) is 2.08. The lowest BCUT2D eigenvalue weighted by Gasteiger charge is -2.05. The maximum atomic E-state index is 9.06. The van der Waals surface area contributed by atoms with Gasteiger partial charge < -0.3 is 15.3 Å². The summed E-state index contributed by atoms with van der Waals surface area (Å²) in [5.74, 6) is -0.215. The smallest absolute Gasteiger partial charge is 0.182 e. The average Bonchev–Trinajstić information content (AvgIpc) is 1.85. The molecule has 0 aliphatic rings. The molecule has 0 unspecified atom stereocenters. The monoisotopic (exact) mass is 174 g/mol. The van der Waals surface area contributed by atoms with Gasteiger partial charge in [0, 0.05) is 10.6 Å². The Morgan fingerprint density at radius 3 is 2.36 bits per heavy atom. The first-order chi connectivity index (χ1) is 5.11. The summed E-state index contributed by atoms with van der Waals surface area (Å²) in [6.45, 7) is 0. The molecule has 4 heteroatoms. The van der Waals surface area contributed by atoms with E-state index in [9.17, 15) is 0 Å². The van der Waals surface area contributed by atoms with E-state index in [0.29, 0.717) is 5.02 Å². The maximum absolute atomic E-state index is 9.06. The van der Waals surface area contributed by atoms with Crippen LogP contribution in [0.15, 0.2) is 18.2 Å². The van der Waals surface area contributed by atoms with Gasteiger partial charge in [0.2, 0.25) is 0 Å². The molecular formula is C7H7ClO3. The highest BCUT2D eigenvalue weighted by molar-refractivity contribution is 6.30. The Morgan fingerprint density at radius 1 is 1.27 bits per heavy atom.